The maximum absolute atomic E-state index is 12.4. The van der Waals surface area contributed by atoms with E-state index in [-0.39, 0.29) is 12.2 Å². The van der Waals surface area contributed by atoms with Gasteiger partial charge in [0.15, 0.2) is 0 Å². The molecule has 2 aliphatic rings. The minimum atomic E-state index is -0.443. The molecule has 2 N–H and O–H groups in total. The second kappa shape index (κ2) is 7.84. The fraction of sp³-hybridized carbons (Fsp3) is 0.944. The molecule has 2 unspecified atom stereocenters. The molecule has 1 aliphatic carbocycles. The molecule has 5 nitrogen and oxygen atoms in total. The Morgan fingerprint density at radius 1 is 1.30 bits per heavy atom. The topological polar surface area (TPSA) is 61.8 Å². The highest BCUT2D eigenvalue weighted by Crippen LogP contribution is 2.36. The molecule has 1 saturated heterocycles. The van der Waals surface area contributed by atoms with Crippen molar-refractivity contribution < 1.29 is 14.6 Å². The molecule has 3 atom stereocenters. The minimum Gasteiger partial charge on any atom is -0.444 e. The third-order valence-corrected chi connectivity index (χ3v) is 4.99. The quantitative estimate of drug-likeness (QED) is 0.834. The summed E-state index contributed by atoms with van der Waals surface area (Å²) in [6, 6.07) is 0.395. The van der Waals surface area contributed by atoms with E-state index in [9.17, 15) is 9.90 Å². The lowest BCUT2D eigenvalue weighted by molar-refractivity contribution is 0.00748. The number of amides is 1. The van der Waals surface area contributed by atoms with Gasteiger partial charge in [0.25, 0.3) is 0 Å². The van der Waals surface area contributed by atoms with Gasteiger partial charge in [0, 0.05) is 25.7 Å². The second-order valence-electron chi connectivity index (χ2n) is 8.29. The Morgan fingerprint density at radius 3 is 2.52 bits per heavy atom. The normalized spacial score (nSPS) is 28.0. The highest BCUT2D eigenvalue weighted by atomic mass is 16.6. The molecule has 2 rings (SSSR count). The number of likely N-dealkylation sites (tertiary alicyclic amines) is 1. The summed E-state index contributed by atoms with van der Waals surface area (Å²) in [7, 11) is 0. The first-order valence-electron chi connectivity index (χ1n) is 9.15. The van der Waals surface area contributed by atoms with E-state index in [1.54, 1.807) is 0 Å². The van der Waals surface area contributed by atoms with Gasteiger partial charge in [-0.25, -0.2) is 4.79 Å². The SMILES string of the molecule is C[C@H](O)CNC1CCN(C(=O)OC(C)(C)C)CC1C1CCCC1. The third kappa shape index (κ3) is 5.64. The lowest BCUT2D eigenvalue weighted by atomic mass is 9.80. The zero-order valence-electron chi connectivity index (χ0n) is 15.2. The van der Waals surface area contributed by atoms with Crippen molar-refractivity contribution >= 4 is 6.09 Å². The Morgan fingerprint density at radius 2 is 1.96 bits per heavy atom. The van der Waals surface area contributed by atoms with Crippen LogP contribution in [0.1, 0.15) is 59.8 Å². The molecule has 1 aliphatic heterocycles. The highest BCUT2D eigenvalue weighted by molar-refractivity contribution is 5.68. The van der Waals surface area contributed by atoms with E-state index in [0.717, 1.165) is 19.5 Å². The van der Waals surface area contributed by atoms with Crippen LogP contribution in [0, 0.1) is 11.8 Å². The van der Waals surface area contributed by atoms with Crippen LogP contribution < -0.4 is 5.32 Å². The number of carbonyl (C=O) groups excluding carboxylic acids is 1. The van der Waals surface area contributed by atoms with Gasteiger partial charge in [0.2, 0.25) is 0 Å². The Bertz CT molecular complexity index is 386. The van der Waals surface area contributed by atoms with Crippen LogP contribution in [0.2, 0.25) is 0 Å². The molecule has 2 fully saturated rings. The summed E-state index contributed by atoms with van der Waals surface area (Å²) in [5, 5.41) is 13.1. The summed E-state index contributed by atoms with van der Waals surface area (Å²) in [5.41, 5.74) is -0.443. The lowest BCUT2D eigenvalue weighted by Gasteiger charge is -2.42. The van der Waals surface area contributed by atoms with Gasteiger partial charge in [0.1, 0.15) is 5.60 Å². The summed E-state index contributed by atoms with van der Waals surface area (Å²) < 4.78 is 5.55. The van der Waals surface area contributed by atoms with Gasteiger partial charge in [-0.15, -0.1) is 0 Å². The molecule has 1 amide bonds. The number of piperidine rings is 1. The standard InChI is InChI=1S/C18H34N2O3/c1-13(21)11-19-16-9-10-20(17(22)23-18(2,3)4)12-15(16)14-7-5-6-8-14/h13-16,19,21H,5-12H2,1-4H3/t13-,15?,16?/m0/s1. The van der Waals surface area contributed by atoms with Crippen molar-refractivity contribution in [3.05, 3.63) is 0 Å². The molecule has 0 aromatic rings. The maximum Gasteiger partial charge on any atom is 0.410 e. The van der Waals surface area contributed by atoms with Gasteiger partial charge in [-0.1, -0.05) is 25.7 Å². The van der Waals surface area contributed by atoms with Crippen LogP contribution in [0.4, 0.5) is 4.79 Å². The number of carbonyl (C=O) groups is 1. The van der Waals surface area contributed by atoms with Gasteiger partial charge >= 0.3 is 6.09 Å². The fourth-order valence-electron chi connectivity index (χ4n) is 3.91. The predicted octanol–water partition coefficient (Wildman–Crippen LogP) is 2.77. The van der Waals surface area contributed by atoms with E-state index in [4.69, 9.17) is 4.74 Å². The number of hydrogen-bond acceptors (Lipinski definition) is 4. The Kier molecular flexibility index (Phi) is 6.32. The molecule has 1 heterocycles. The maximum atomic E-state index is 12.4. The number of ether oxygens (including phenoxy) is 1. The number of aliphatic hydroxyl groups is 1. The number of nitrogens with one attached hydrogen (secondary N) is 1. The third-order valence-electron chi connectivity index (χ3n) is 4.99. The van der Waals surface area contributed by atoms with Gasteiger partial charge in [-0.3, -0.25) is 0 Å². The number of hydrogen-bond donors (Lipinski definition) is 2. The minimum absolute atomic E-state index is 0.186. The molecular weight excluding hydrogens is 292 g/mol. The van der Waals surface area contributed by atoms with Gasteiger partial charge < -0.3 is 20.1 Å². The highest BCUT2D eigenvalue weighted by Gasteiger charge is 2.38. The van der Waals surface area contributed by atoms with E-state index in [1.165, 1.54) is 25.7 Å². The lowest BCUT2D eigenvalue weighted by Crippen LogP contribution is -2.54. The van der Waals surface area contributed by atoms with Crippen molar-refractivity contribution in [2.24, 2.45) is 11.8 Å². The van der Waals surface area contributed by atoms with E-state index in [1.807, 2.05) is 32.6 Å². The van der Waals surface area contributed by atoms with Crippen molar-refractivity contribution in [3.8, 4) is 0 Å². The van der Waals surface area contributed by atoms with Crippen molar-refractivity contribution in [1.82, 2.24) is 10.2 Å². The first-order valence-corrected chi connectivity index (χ1v) is 9.15. The number of rotatable bonds is 4. The molecule has 0 spiro atoms. The van der Waals surface area contributed by atoms with E-state index in [2.05, 4.69) is 5.32 Å². The number of aliphatic hydroxyl groups excluding tert-OH is 1. The summed E-state index contributed by atoms with van der Waals surface area (Å²) in [6.07, 6.45) is 5.55. The average molecular weight is 326 g/mol. The Hall–Kier alpha value is -0.810. The van der Waals surface area contributed by atoms with Gasteiger partial charge in [0.05, 0.1) is 6.10 Å². The van der Waals surface area contributed by atoms with E-state index < -0.39 is 5.60 Å². The molecule has 0 bridgehead atoms. The largest absolute Gasteiger partial charge is 0.444 e. The Labute approximate surface area is 140 Å². The van der Waals surface area contributed by atoms with Crippen molar-refractivity contribution in [3.63, 3.8) is 0 Å². The first-order chi connectivity index (χ1) is 10.8. The van der Waals surface area contributed by atoms with Crippen molar-refractivity contribution in [2.45, 2.75) is 77.5 Å². The number of nitrogens with zero attached hydrogens (tertiary/aromatic N) is 1. The van der Waals surface area contributed by atoms with Crippen LogP contribution in [0.5, 0.6) is 0 Å². The summed E-state index contributed by atoms with van der Waals surface area (Å²) in [4.78, 5) is 14.3. The molecule has 5 heteroatoms. The van der Waals surface area contributed by atoms with Crippen molar-refractivity contribution in [2.75, 3.05) is 19.6 Å². The average Bonchev–Trinajstić information content (AvgIpc) is 2.97. The molecule has 134 valence electrons. The van der Waals surface area contributed by atoms with Crippen LogP contribution in [0.3, 0.4) is 0 Å². The van der Waals surface area contributed by atoms with Crippen LogP contribution in [0.25, 0.3) is 0 Å². The van der Waals surface area contributed by atoms with E-state index >= 15 is 0 Å². The molecule has 23 heavy (non-hydrogen) atoms. The molecule has 0 aromatic carbocycles. The van der Waals surface area contributed by atoms with Crippen LogP contribution in [0.15, 0.2) is 0 Å². The first kappa shape index (κ1) is 18.5. The molecular formula is C18H34N2O3. The second-order valence-corrected chi connectivity index (χ2v) is 8.29. The molecule has 0 radical (unpaired) electrons. The molecule has 0 aromatic heterocycles. The predicted molar refractivity (Wildman–Crippen MR) is 91.3 cm³/mol. The van der Waals surface area contributed by atoms with Gasteiger partial charge in [-0.2, -0.15) is 0 Å². The van der Waals surface area contributed by atoms with Crippen molar-refractivity contribution in [1.29, 1.82) is 0 Å². The monoisotopic (exact) mass is 326 g/mol. The summed E-state index contributed by atoms with van der Waals surface area (Å²) in [5.74, 6) is 1.16. The zero-order chi connectivity index (χ0) is 17.0. The molecule has 1 saturated carbocycles. The van der Waals surface area contributed by atoms with Crippen LogP contribution in [-0.4, -0.2) is 53.5 Å². The summed E-state index contributed by atoms with van der Waals surface area (Å²) >= 11 is 0. The van der Waals surface area contributed by atoms with E-state index in [0.29, 0.717) is 24.4 Å². The van der Waals surface area contributed by atoms with Gasteiger partial charge in [-0.05, 0) is 46.0 Å². The smallest absolute Gasteiger partial charge is 0.410 e. The fourth-order valence-corrected chi connectivity index (χ4v) is 3.91. The summed E-state index contributed by atoms with van der Waals surface area (Å²) in [6.45, 7) is 9.68. The van der Waals surface area contributed by atoms with Crippen LogP contribution in [-0.2, 0) is 4.74 Å². The zero-order valence-corrected chi connectivity index (χ0v) is 15.2. The Balaban J connectivity index is 1.98. The van der Waals surface area contributed by atoms with Crippen LogP contribution >= 0.6 is 0 Å².